The van der Waals surface area contributed by atoms with E-state index in [9.17, 15) is 18.0 Å². The zero-order chi connectivity index (χ0) is 25.1. The number of carbonyl (C=O) groups is 2. The predicted octanol–water partition coefficient (Wildman–Crippen LogP) is 3.18. The molecule has 34 heavy (non-hydrogen) atoms. The molecule has 0 fully saturated rings. The standard InChI is InChI=1S/C25H35N3O5S/c1-5-7-17-26-25(30)23(6-2)27(18-20-13-15-22(33-3)16-14-20)24(29)19-28(34(4,31)32)21-11-9-8-10-12-21/h8-16,23H,5-7,17-19H2,1-4H3,(H,26,30). The molecule has 0 saturated carbocycles. The molecule has 2 aromatic carbocycles. The van der Waals surface area contributed by atoms with Crippen LogP contribution < -0.4 is 14.4 Å². The average Bonchev–Trinajstić information content (AvgIpc) is 2.82. The molecule has 8 nitrogen and oxygen atoms in total. The second-order valence-corrected chi connectivity index (χ2v) is 9.95. The maximum absolute atomic E-state index is 13.6. The second-order valence-electron chi connectivity index (χ2n) is 8.04. The molecule has 0 saturated heterocycles. The summed E-state index contributed by atoms with van der Waals surface area (Å²) in [5.41, 5.74) is 1.20. The van der Waals surface area contributed by atoms with Gasteiger partial charge in [0.25, 0.3) is 0 Å². The molecule has 1 unspecified atom stereocenters. The number of amides is 2. The molecule has 1 atom stereocenters. The highest BCUT2D eigenvalue weighted by Gasteiger charge is 2.31. The van der Waals surface area contributed by atoms with E-state index in [0.29, 0.717) is 24.4 Å². The van der Waals surface area contributed by atoms with Crippen LogP contribution in [0.1, 0.15) is 38.7 Å². The van der Waals surface area contributed by atoms with Crippen molar-refractivity contribution in [1.82, 2.24) is 10.2 Å². The fraction of sp³-hybridized carbons (Fsp3) is 0.440. The lowest BCUT2D eigenvalue weighted by Gasteiger charge is -2.33. The van der Waals surface area contributed by atoms with E-state index in [-0.39, 0.29) is 12.5 Å². The normalized spacial score (nSPS) is 12.0. The van der Waals surface area contributed by atoms with E-state index in [0.717, 1.165) is 29.0 Å². The molecule has 0 radical (unpaired) electrons. The van der Waals surface area contributed by atoms with Gasteiger partial charge >= 0.3 is 0 Å². The summed E-state index contributed by atoms with van der Waals surface area (Å²) >= 11 is 0. The summed E-state index contributed by atoms with van der Waals surface area (Å²) in [6.45, 7) is 4.15. The lowest BCUT2D eigenvalue weighted by atomic mass is 10.1. The molecule has 186 valence electrons. The molecule has 0 aliphatic rings. The van der Waals surface area contributed by atoms with E-state index < -0.39 is 28.5 Å². The smallest absolute Gasteiger partial charge is 0.244 e. The summed E-state index contributed by atoms with van der Waals surface area (Å²) < 4.78 is 31.3. The molecule has 0 spiro atoms. The third-order valence-electron chi connectivity index (χ3n) is 5.45. The van der Waals surface area contributed by atoms with Crippen LogP contribution in [0, 0.1) is 0 Å². The zero-order valence-electron chi connectivity index (χ0n) is 20.4. The van der Waals surface area contributed by atoms with Crippen molar-refractivity contribution < 1.29 is 22.7 Å². The van der Waals surface area contributed by atoms with Crippen molar-refractivity contribution in [2.75, 3.05) is 30.8 Å². The highest BCUT2D eigenvalue weighted by molar-refractivity contribution is 7.92. The maximum Gasteiger partial charge on any atom is 0.244 e. The van der Waals surface area contributed by atoms with Gasteiger partial charge in [0.05, 0.1) is 19.1 Å². The van der Waals surface area contributed by atoms with Gasteiger partial charge in [0, 0.05) is 13.1 Å². The fourth-order valence-corrected chi connectivity index (χ4v) is 4.41. The zero-order valence-corrected chi connectivity index (χ0v) is 21.2. The molecule has 0 aliphatic heterocycles. The van der Waals surface area contributed by atoms with Gasteiger partial charge in [0.1, 0.15) is 18.3 Å². The number of rotatable bonds is 13. The quantitative estimate of drug-likeness (QED) is 0.436. The van der Waals surface area contributed by atoms with Crippen LogP contribution in [0.2, 0.25) is 0 Å². The summed E-state index contributed by atoms with van der Waals surface area (Å²) in [7, 11) is -2.16. The Bertz CT molecular complexity index is 1030. The van der Waals surface area contributed by atoms with E-state index in [1.807, 2.05) is 26.0 Å². The van der Waals surface area contributed by atoms with Crippen LogP contribution in [0.4, 0.5) is 5.69 Å². The number of nitrogens with zero attached hydrogens (tertiary/aromatic N) is 2. The Balaban J connectivity index is 2.36. The number of carbonyl (C=O) groups excluding carboxylic acids is 2. The number of para-hydroxylation sites is 1. The summed E-state index contributed by atoms with van der Waals surface area (Å²) in [5.74, 6) is -0.0238. The van der Waals surface area contributed by atoms with Gasteiger partial charge < -0.3 is 15.0 Å². The Labute approximate surface area is 202 Å². The lowest BCUT2D eigenvalue weighted by Crippen LogP contribution is -2.52. The third-order valence-corrected chi connectivity index (χ3v) is 6.59. The molecule has 0 heterocycles. The number of anilines is 1. The number of methoxy groups -OCH3 is 1. The summed E-state index contributed by atoms with van der Waals surface area (Å²) in [4.78, 5) is 28.0. The third kappa shape index (κ3) is 7.76. The van der Waals surface area contributed by atoms with E-state index in [1.54, 1.807) is 49.6 Å². The Morgan fingerprint density at radius 2 is 1.68 bits per heavy atom. The Hall–Kier alpha value is -3.07. The van der Waals surface area contributed by atoms with E-state index in [1.165, 1.54) is 4.90 Å². The SMILES string of the molecule is CCCCNC(=O)C(CC)N(Cc1ccc(OC)cc1)C(=O)CN(c1ccccc1)S(C)(=O)=O. The molecule has 1 N–H and O–H groups in total. The number of ether oxygens (including phenoxy) is 1. The molecule has 2 amide bonds. The van der Waals surface area contributed by atoms with Crippen LogP contribution in [0.25, 0.3) is 0 Å². The summed E-state index contributed by atoms with van der Waals surface area (Å²) in [6, 6.07) is 15.0. The second kappa shape index (κ2) is 13.0. The van der Waals surface area contributed by atoms with Crippen molar-refractivity contribution in [3.63, 3.8) is 0 Å². The lowest BCUT2D eigenvalue weighted by molar-refractivity contribution is -0.140. The maximum atomic E-state index is 13.6. The van der Waals surface area contributed by atoms with Gasteiger partial charge in [-0.25, -0.2) is 8.42 Å². The van der Waals surface area contributed by atoms with Gasteiger partial charge in [-0.05, 0) is 42.7 Å². The van der Waals surface area contributed by atoms with Gasteiger partial charge in [-0.3, -0.25) is 13.9 Å². The molecule has 2 aromatic rings. The van der Waals surface area contributed by atoms with Gasteiger partial charge in [-0.2, -0.15) is 0 Å². The van der Waals surface area contributed by atoms with Gasteiger partial charge in [0.15, 0.2) is 0 Å². The molecule has 0 aliphatic carbocycles. The van der Waals surface area contributed by atoms with Crippen LogP contribution in [-0.2, 0) is 26.2 Å². The molecular formula is C25H35N3O5S. The Kier molecular flexibility index (Phi) is 10.4. The van der Waals surface area contributed by atoms with Gasteiger partial charge in [-0.15, -0.1) is 0 Å². The monoisotopic (exact) mass is 489 g/mol. The number of benzene rings is 2. The first-order chi connectivity index (χ1) is 16.2. The fourth-order valence-electron chi connectivity index (χ4n) is 3.56. The molecule has 9 heteroatoms. The topological polar surface area (TPSA) is 96.0 Å². The predicted molar refractivity (Wildman–Crippen MR) is 134 cm³/mol. The van der Waals surface area contributed by atoms with Crippen LogP contribution >= 0.6 is 0 Å². The first-order valence-corrected chi connectivity index (χ1v) is 13.3. The highest BCUT2D eigenvalue weighted by atomic mass is 32.2. The van der Waals surface area contributed by atoms with Crippen molar-refractivity contribution in [3.05, 3.63) is 60.2 Å². The first-order valence-electron chi connectivity index (χ1n) is 11.4. The minimum atomic E-state index is -3.73. The van der Waals surface area contributed by atoms with E-state index in [4.69, 9.17) is 4.74 Å². The molecule has 0 aromatic heterocycles. The summed E-state index contributed by atoms with van der Waals surface area (Å²) in [5, 5.41) is 2.90. The first kappa shape index (κ1) is 27.2. The van der Waals surface area contributed by atoms with Crippen LogP contribution in [0.3, 0.4) is 0 Å². The molecular weight excluding hydrogens is 454 g/mol. The number of sulfonamides is 1. The van der Waals surface area contributed by atoms with Gasteiger partial charge in [-0.1, -0.05) is 50.6 Å². The Morgan fingerprint density at radius 1 is 1.03 bits per heavy atom. The van der Waals surface area contributed by atoms with Crippen molar-refractivity contribution in [2.24, 2.45) is 0 Å². The van der Waals surface area contributed by atoms with Crippen LogP contribution in [0.5, 0.6) is 5.75 Å². The minimum Gasteiger partial charge on any atom is -0.497 e. The highest BCUT2D eigenvalue weighted by Crippen LogP contribution is 2.20. The number of unbranched alkanes of at least 4 members (excludes halogenated alkanes) is 1. The van der Waals surface area contributed by atoms with Crippen molar-refractivity contribution in [3.8, 4) is 5.75 Å². The summed E-state index contributed by atoms with van der Waals surface area (Å²) in [6.07, 6.45) is 3.23. The number of hydrogen-bond acceptors (Lipinski definition) is 5. The largest absolute Gasteiger partial charge is 0.497 e. The minimum absolute atomic E-state index is 0.162. The van der Waals surface area contributed by atoms with Crippen LogP contribution in [0.15, 0.2) is 54.6 Å². The van der Waals surface area contributed by atoms with Crippen LogP contribution in [-0.4, -0.2) is 57.6 Å². The number of nitrogens with one attached hydrogen (secondary N) is 1. The van der Waals surface area contributed by atoms with Gasteiger partial charge in [0.2, 0.25) is 21.8 Å². The van der Waals surface area contributed by atoms with E-state index in [2.05, 4.69) is 5.32 Å². The van der Waals surface area contributed by atoms with Crippen molar-refractivity contribution in [1.29, 1.82) is 0 Å². The Morgan fingerprint density at radius 3 is 2.21 bits per heavy atom. The van der Waals surface area contributed by atoms with Crippen molar-refractivity contribution >= 4 is 27.5 Å². The van der Waals surface area contributed by atoms with E-state index >= 15 is 0 Å². The molecule has 2 rings (SSSR count). The molecule has 0 bridgehead atoms. The number of hydrogen-bond donors (Lipinski definition) is 1. The van der Waals surface area contributed by atoms with Crippen molar-refractivity contribution in [2.45, 2.75) is 45.7 Å². The average molecular weight is 490 g/mol.